The summed E-state index contributed by atoms with van der Waals surface area (Å²) >= 11 is 0. The quantitative estimate of drug-likeness (QED) is 0.0488. The summed E-state index contributed by atoms with van der Waals surface area (Å²) in [6, 6.07) is 50.4. The summed E-state index contributed by atoms with van der Waals surface area (Å²) in [7, 11) is 0. The number of esters is 2. The number of anilines is 6. The van der Waals surface area contributed by atoms with Crippen molar-refractivity contribution in [2.24, 2.45) is 0 Å². The van der Waals surface area contributed by atoms with Crippen LogP contribution in [0.3, 0.4) is 0 Å². The molecule has 0 aliphatic carbocycles. The topological polar surface area (TPSA) is 68.3 Å². The molecule has 0 radical (unpaired) electrons. The van der Waals surface area contributed by atoms with Crippen molar-refractivity contribution in [2.45, 2.75) is 53.4 Å². The van der Waals surface area contributed by atoms with Crippen LogP contribution < -0.4 is 14.5 Å². The second-order valence-corrected chi connectivity index (χ2v) is 14.3. The Labute approximate surface area is 348 Å². The van der Waals surface area contributed by atoms with Crippen molar-refractivity contribution in [2.75, 3.05) is 23.0 Å². The van der Waals surface area contributed by atoms with Crippen LogP contribution in [-0.4, -0.2) is 25.2 Å². The first-order valence-corrected chi connectivity index (χ1v) is 20.2. The van der Waals surface area contributed by atoms with Gasteiger partial charge in [0.15, 0.2) is 0 Å². The number of allylic oxidation sites excluding steroid dienone is 2. The van der Waals surface area contributed by atoms with Gasteiger partial charge in [-0.1, -0.05) is 71.8 Å². The molecule has 0 fully saturated rings. The summed E-state index contributed by atoms with van der Waals surface area (Å²) in [5.41, 5.74) is 11.0. The highest BCUT2D eigenvalue weighted by Crippen LogP contribution is 2.38. The third-order valence-electron chi connectivity index (χ3n) is 9.71. The maximum absolute atomic E-state index is 11.6. The van der Waals surface area contributed by atoms with Gasteiger partial charge in [-0.2, -0.15) is 0 Å². The number of carbonyl (C=O) groups is 2. The molecule has 300 valence electrons. The second-order valence-electron chi connectivity index (χ2n) is 14.3. The number of hydrogen-bond donors (Lipinski definition) is 0. The normalized spacial score (nSPS) is 11.1. The number of rotatable bonds is 18. The summed E-state index contributed by atoms with van der Waals surface area (Å²) in [6.45, 7) is 8.56. The van der Waals surface area contributed by atoms with Crippen LogP contribution in [0.1, 0.15) is 48.9 Å². The third-order valence-corrected chi connectivity index (χ3v) is 9.71. The van der Waals surface area contributed by atoms with Gasteiger partial charge in [-0.3, -0.25) is 0 Å². The number of hydrogen-bond acceptors (Lipinski definition) is 7. The number of ether oxygens (including phenoxy) is 3. The molecule has 0 unspecified atom stereocenters. The largest absolute Gasteiger partial charge is 0.463 e. The summed E-state index contributed by atoms with van der Waals surface area (Å²) < 4.78 is 16.9. The molecule has 0 saturated carbocycles. The van der Waals surface area contributed by atoms with Gasteiger partial charge in [0.25, 0.3) is 0 Å². The van der Waals surface area contributed by atoms with E-state index in [1.807, 2.05) is 24.3 Å². The second kappa shape index (κ2) is 21.1. The van der Waals surface area contributed by atoms with E-state index in [4.69, 9.17) is 14.2 Å². The van der Waals surface area contributed by atoms with E-state index in [2.05, 4.69) is 145 Å². The summed E-state index contributed by atoms with van der Waals surface area (Å²) in [4.78, 5) is 27.7. The molecule has 0 amide bonds. The Morgan fingerprint density at radius 3 is 1.03 bits per heavy atom. The average Bonchev–Trinajstić information content (AvgIpc) is 3.25. The zero-order valence-corrected chi connectivity index (χ0v) is 34.3. The van der Waals surface area contributed by atoms with Gasteiger partial charge >= 0.3 is 11.9 Å². The van der Waals surface area contributed by atoms with Crippen LogP contribution >= 0.6 is 0 Å². The molecule has 7 nitrogen and oxygen atoms in total. The highest BCUT2D eigenvalue weighted by Gasteiger charge is 2.15. The van der Waals surface area contributed by atoms with Gasteiger partial charge in [0.1, 0.15) is 11.5 Å². The third kappa shape index (κ3) is 12.1. The zero-order valence-electron chi connectivity index (χ0n) is 34.3. The van der Waals surface area contributed by atoms with Gasteiger partial charge < -0.3 is 24.0 Å². The SMILES string of the molecule is C/C=C/C(=O)OCCCc1ccc(N(c2ccc(C)cc2)c2ccc(Oc3ccc(N(c4ccc(C)cc4)c4ccc(CCCOC(=O)/C=C/C)cc4)cc3)cc2)cc1. The van der Waals surface area contributed by atoms with Crippen LogP contribution in [0.15, 0.2) is 170 Å². The van der Waals surface area contributed by atoms with E-state index in [0.717, 1.165) is 71.3 Å². The van der Waals surface area contributed by atoms with Crippen LogP contribution in [0.2, 0.25) is 0 Å². The Balaban J connectivity index is 1.14. The van der Waals surface area contributed by atoms with Crippen LogP contribution in [0.4, 0.5) is 34.1 Å². The van der Waals surface area contributed by atoms with Gasteiger partial charge in [-0.05, 0) is 162 Å². The van der Waals surface area contributed by atoms with E-state index >= 15 is 0 Å². The molecular formula is C52H52N2O5. The first-order chi connectivity index (χ1) is 28.8. The molecule has 0 bridgehead atoms. The predicted molar refractivity (Wildman–Crippen MR) is 240 cm³/mol. The summed E-state index contributed by atoms with van der Waals surface area (Å²) in [5, 5.41) is 0. The molecule has 0 N–H and O–H groups in total. The highest BCUT2D eigenvalue weighted by molar-refractivity contribution is 5.82. The van der Waals surface area contributed by atoms with Crippen LogP contribution in [0.5, 0.6) is 11.5 Å². The van der Waals surface area contributed by atoms with Gasteiger partial charge in [-0.15, -0.1) is 0 Å². The molecule has 6 aromatic carbocycles. The number of benzene rings is 6. The lowest BCUT2D eigenvalue weighted by molar-refractivity contribution is -0.138. The Hall–Kier alpha value is -6.86. The zero-order chi connectivity index (χ0) is 41.4. The molecule has 6 rings (SSSR count). The van der Waals surface area contributed by atoms with Crippen molar-refractivity contribution in [3.05, 3.63) is 192 Å². The van der Waals surface area contributed by atoms with Gasteiger partial charge in [0, 0.05) is 46.3 Å². The van der Waals surface area contributed by atoms with E-state index < -0.39 is 0 Å². The summed E-state index contributed by atoms with van der Waals surface area (Å²) in [6.07, 6.45) is 9.40. The Morgan fingerprint density at radius 1 is 0.441 bits per heavy atom. The fourth-order valence-corrected chi connectivity index (χ4v) is 6.63. The number of nitrogens with zero attached hydrogens (tertiary/aromatic N) is 2. The van der Waals surface area contributed by atoms with E-state index in [0.29, 0.717) is 13.2 Å². The van der Waals surface area contributed by atoms with E-state index in [1.165, 1.54) is 34.4 Å². The smallest absolute Gasteiger partial charge is 0.330 e. The maximum Gasteiger partial charge on any atom is 0.330 e. The van der Waals surface area contributed by atoms with Crippen LogP contribution in [0, 0.1) is 13.8 Å². The highest BCUT2D eigenvalue weighted by atomic mass is 16.5. The Bertz CT molecular complexity index is 2130. The van der Waals surface area contributed by atoms with Gasteiger partial charge in [-0.25, -0.2) is 9.59 Å². The molecule has 0 atom stereocenters. The van der Waals surface area contributed by atoms with Crippen molar-refractivity contribution in [1.82, 2.24) is 0 Å². The minimum atomic E-state index is -0.304. The number of aryl methyl sites for hydroxylation is 4. The minimum absolute atomic E-state index is 0.304. The molecule has 0 aliphatic rings. The summed E-state index contributed by atoms with van der Waals surface area (Å²) in [5.74, 6) is 0.861. The van der Waals surface area contributed by atoms with Crippen molar-refractivity contribution >= 4 is 46.1 Å². The van der Waals surface area contributed by atoms with Crippen molar-refractivity contribution in [1.29, 1.82) is 0 Å². The van der Waals surface area contributed by atoms with E-state index in [9.17, 15) is 9.59 Å². The maximum atomic E-state index is 11.6. The molecule has 0 heterocycles. The first kappa shape index (κ1) is 41.8. The standard InChI is InChI=1S/C52H52N2O5/c1-5-9-51(55)57-37-7-11-41-17-25-45(26-18-41)53(43-21-13-39(3)14-22-43)47-29-33-49(34-30-47)59-50-35-31-48(32-36-50)54(44-23-15-40(4)16-24-44)46-27-19-42(20-28-46)12-8-38-58-52(56)10-6-2/h5-6,9-10,13-36H,7-8,11-12,37-38H2,1-4H3/b9-5+,10-6+. The molecule has 0 aromatic heterocycles. The monoisotopic (exact) mass is 784 g/mol. The molecule has 0 spiro atoms. The lowest BCUT2D eigenvalue weighted by Gasteiger charge is -2.26. The van der Waals surface area contributed by atoms with E-state index in [-0.39, 0.29) is 11.9 Å². The molecular weight excluding hydrogens is 733 g/mol. The fourth-order valence-electron chi connectivity index (χ4n) is 6.63. The first-order valence-electron chi connectivity index (χ1n) is 20.2. The van der Waals surface area contributed by atoms with E-state index in [1.54, 1.807) is 26.0 Å². The lowest BCUT2D eigenvalue weighted by atomic mass is 10.1. The lowest BCUT2D eigenvalue weighted by Crippen LogP contribution is -2.10. The van der Waals surface area contributed by atoms with Crippen molar-refractivity contribution < 1.29 is 23.8 Å². The van der Waals surface area contributed by atoms with Crippen LogP contribution in [0.25, 0.3) is 0 Å². The minimum Gasteiger partial charge on any atom is -0.463 e. The number of carbonyl (C=O) groups excluding carboxylic acids is 2. The molecule has 0 aliphatic heterocycles. The van der Waals surface area contributed by atoms with Crippen molar-refractivity contribution in [3.8, 4) is 11.5 Å². The fraction of sp³-hybridized carbons (Fsp3) is 0.192. The molecule has 6 aromatic rings. The average molecular weight is 785 g/mol. The van der Waals surface area contributed by atoms with Crippen molar-refractivity contribution in [3.63, 3.8) is 0 Å². The molecule has 59 heavy (non-hydrogen) atoms. The molecule has 7 heteroatoms. The Kier molecular flexibility index (Phi) is 14.9. The molecule has 0 saturated heterocycles. The predicted octanol–water partition coefficient (Wildman–Crippen LogP) is 13.1. The van der Waals surface area contributed by atoms with Gasteiger partial charge in [0.05, 0.1) is 13.2 Å². The van der Waals surface area contributed by atoms with Gasteiger partial charge in [0.2, 0.25) is 0 Å². The van der Waals surface area contributed by atoms with Crippen LogP contribution in [-0.2, 0) is 31.9 Å². The Morgan fingerprint density at radius 2 is 0.729 bits per heavy atom.